The van der Waals surface area contributed by atoms with E-state index in [1.54, 1.807) is 76.4 Å². The molecule has 1 saturated heterocycles. The third-order valence-electron chi connectivity index (χ3n) is 12.9. The molecule has 1 aliphatic rings. The number of aromatic amines is 1. The van der Waals surface area contributed by atoms with Crippen LogP contribution in [0.1, 0.15) is 77.5 Å². The number of para-hydroxylation sites is 1. The molecule has 3 aromatic carbocycles. The maximum atomic E-state index is 14.9. The molecule has 0 bridgehead atoms. The Morgan fingerprint density at radius 2 is 1.34 bits per heavy atom. The molecule has 10 atom stereocenters. The number of phenolic OH excluding ortho intramolecular Hbond substituents is 1. The zero-order chi connectivity index (χ0) is 60.1. The number of phenols is 1. The molecule has 446 valence electrons. The van der Waals surface area contributed by atoms with Gasteiger partial charge < -0.3 is 78.6 Å². The van der Waals surface area contributed by atoms with E-state index >= 15 is 0 Å². The predicted octanol–water partition coefficient (Wildman–Crippen LogP) is 0.610. The predicted molar refractivity (Wildman–Crippen MR) is 310 cm³/mol. The number of hydrogen-bond acceptors (Lipinski definition) is 16. The molecule has 0 saturated carbocycles. The second-order valence-corrected chi connectivity index (χ2v) is 23.4. The van der Waals surface area contributed by atoms with Gasteiger partial charge in [0.15, 0.2) is 0 Å². The van der Waals surface area contributed by atoms with Gasteiger partial charge in [-0.3, -0.25) is 38.4 Å². The molecule has 26 heteroatoms. The number of nitrogens with one attached hydrogen (secondary N) is 10. The summed E-state index contributed by atoms with van der Waals surface area (Å²) in [6, 6.07) is 10.2. The largest absolute Gasteiger partial charge is 0.508 e. The van der Waals surface area contributed by atoms with E-state index in [-0.39, 0.29) is 68.9 Å². The standard InChI is InChI=1S/C56H77N11O13S2/c1-7-58-53(77)45(31(2)68)66-52(76)44-30-82-81-29-43(64-47(71)38(57)25-33-15-9-8-10-16-33)51(75)62-41(26-34-20-22-36(70)23-21-34)49(73)63-42(27-35-28-60-39-18-12-11-17-37(35)39)50(74)61-40(48(72)67-46(32(3)69)54(78)65-44)19-13-14-24-59-55(79)80-56(4,5)6/h8-12,15-18,20-23,28,31-32,38,40-46,60,68-70H,7,13-14,19,24-27,29-30,57H2,1-6H3,(H,58,77)(H,59,79)(H,61,74)(H,62,75)(H,63,73)(H,64,71)(H,65,78)(H,66,76)(H,67,72)/t31-,32-,38-,40+,41+,42-,43+,44+,45+,46+/m1/s1. The normalized spacial score (nSPS) is 21.4. The highest BCUT2D eigenvalue weighted by Gasteiger charge is 2.37. The maximum Gasteiger partial charge on any atom is 0.407 e. The number of unbranched alkanes of at least 4 members (excludes halogenated alkanes) is 1. The number of hydrogen-bond donors (Lipinski definition) is 14. The molecule has 5 rings (SSSR count). The zero-order valence-corrected chi connectivity index (χ0v) is 48.4. The number of benzene rings is 3. The first-order valence-electron chi connectivity index (χ1n) is 27.0. The number of alkyl carbamates (subject to hydrolysis) is 1. The molecule has 1 fully saturated rings. The highest BCUT2D eigenvalue weighted by Crippen LogP contribution is 2.25. The molecule has 0 radical (unpaired) electrons. The molecule has 2 heterocycles. The monoisotopic (exact) mass is 1180 g/mol. The van der Waals surface area contributed by atoms with Gasteiger partial charge in [-0.1, -0.05) is 82.3 Å². The molecule has 1 aliphatic heterocycles. The van der Waals surface area contributed by atoms with Crippen molar-refractivity contribution in [3.63, 3.8) is 0 Å². The van der Waals surface area contributed by atoms with E-state index in [2.05, 4.69) is 52.8 Å². The number of fused-ring (bicyclic) bond motifs is 1. The van der Waals surface area contributed by atoms with Gasteiger partial charge in [0, 0.05) is 54.5 Å². The van der Waals surface area contributed by atoms with E-state index in [0.29, 0.717) is 22.0 Å². The lowest BCUT2D eigenvalue weighted by atomic mass is 10.0. The van der Waals surface area contributed by atoms with Crippen LogP contribution >= 0.6 is 21.6 Å². The number of likely N-dealkylation sites (N-methyl/N-ethyl adjacent to an activating group) is 1. The lowest BCUT2D eigenvalue weighted by Crippen LogP contribution is -2.63. The number of amides is 9. The van der Waals surface area contributed by atoms with Crippen LogP contribution in [0.25, 0.3) is 10.9 Å². The van der Waals surface area contributed by atoms with Crippen molar-refractivity contribution in [3.05, 3.63) is 102 Å². The van der Waals surface area contributed by atoms with Crippen molar-refractivity contribution in [2.45, 2.75) is 146 Å². The lowest BCUT2D eigenvalue weighted by Gasteiger charge is -2.29. The number of carbonyl (C=O) groups is 9. The minimum atomic E-state index is -1.78. The van der Waals surface area contributed by atoms with E-state index in [0.717, 1.165) is 27.2 Å². The Hall–Kier alpha value is -7.39. The maximum absolute atomic E-state index is 14.9. The first kappa shape index (κ1) is 65.4. The number of carbonyl (C=O) groups excluding carboxylic acids is 9. The van der Waals surface area contributed by atoms with Crippen molar-refractivity contribution in [3.8, 4) is 5.75 Å². The summed E-state index contributed by atoms with van der Waals surface area (Å²) in [5, 5.41) is 56.2. The van der Waals surface area contributed by atoms with Gasteiger partial charge in [-0.25, -0.2) is 4.79 Å². The summed E-state index contributed by atoms with van der Waals surface area (Å²) < 4.78 is 5.33. The van der Waals surface area contributed by atoms with Crippen LogP contribution in [0.4, 0.5) is 4.79 Å². The van der Waals surface area contributed by atoms with Crippen molar-refractivity contribution >= 4 is 85.8 Å². The molecule has 4 aromatic rings. The molecule has 9 amide bonds. The van der Waals surface area contributed by atoms with Gasteiger partial charge in [-0.2, -0.15) is 0 Å². The molecular weight excluding hydrogens is 1100 g/mol. The zero-order valence-electron chi connectivity index (χ0n) is 46.7. The van der Waals surface area contributed by atoms with Crippen molar-refractivity contribution in [2.24, 2.45) is 5.73 Å². The van der Waals surface area contributed by atoms with Crippen molar-refractivity contribution in [2.75, 3.05) is 24.6 Å². The van der Waals surface area contributed by atoms with Crippen LogP contribution in [0.2, 0.25) is 0 Å². The fourth-order valence-corrected chi connectivity index (χ4v) is 10.9. The summed E-state index contributed by atoms with van der Waals surface area (Å²) in [5.74, 6) is -7.65. The fraction of sp³-hybridized carbons (Fsp3) is 0.482. The van der Waals surface area contributed by atoms with E-state index < -0.39 is 119 Å². The first-order chi connectivity index (χ1) is 38.9. The van der Waals surface area contributed by atoms with Crippen LogP contribution in [0.15, 0.2) is 85.1 Å². The Morgan fingerprint density at radius 3 is 2.00 bits per heavy atom. The Kier molecular flexibility index (Phi) is 25.3. The lowest BCUT2D eigenvalue weighted by molar-refractivity contribution is -0.137. The molecule has 0 unspecified atom stereocenters. The fourth-order valence-electron chi connectivity index (χ4n) is 8.57. The molecule has 15 N–H and O–H groups in total. The smallest absolute Gasteiger partial charge is 0.407 e. The average molecular weight is 1180 g/mol. The number of ether oxygens (including phenoxy) is 1. The molecular formula is C56H77N11O13S2. The Morgan fingerprint density at radius 1 is 0.720 bits per heavy atom. The van der Waals surface area contributed by atoms with Crippen LogP contribution < -0.4 is 53.6 Å². The van der Waals surface area contributed by atoms with Crippen LogP contribution in [-0.4, -0.2) is 164 Å². The number of aromatic hydroxyl groups is 1. The highest BCUT2D eigenvalue weighted by molar-refractivity contribution is 8.76. The number of aromatic nitrogens is 1. The van der Waals surface area contributed by atoms with Crippen LogP contribution in [0.3, 0.4) is 0 Å². The van der Waals surface area contributed by atoms with Gasteiger partial charge in [0.05, 0.1) is 18.2 Å². The minimum Gasteiger partial charge on any atom is -0.508 e. The number of aliphatic hydroxyl groups excluding tert-OH is 2. The minimum absolute atomic E-state index is 0.0743. The van der Waals surface area contributed by atoms with Gasteiger partial charge in [0.1, 0.15) is 53.6 Å². The van der Waals surface area contributed by atoms with Gasteiger partial charge in [-0.05, 0) is 102 Å². The van der Waals surface area contributed by atoms with Gasteiger partial charge >= 0.3 is 6.09 Å². The first-order valence-corrected chi connectivity index (χ1v) is 29.5. The molecule has 24 nitrogen and oxygen atoms in total. The number of aliphatic hydroxyl groups is 2. The number of rotatable bonds is 19. The summed E-state index contributed by atoms with van der Waals surface area (Å²) >= 11 is 0. The summed E-state index contributed by atoms with van der Waals surface area (Å²) in [7, 11) is 1.93. The molecule has 0 aliphatic carbocycles. The Bertz CT molecular complexity index is 2820. The summed E-state index contributed by atoms with van der Waals surface area (Å²) in [5.41, 5.74) is 8.13. The highest BCUT2D eigenvalue weighted by atomic mass is 33.1. The van der Waals surface area contributed by atoms with Crippen LogP contribution in [-0.2, 0) is 62.4 Å². The van der Waals surface area contributed by atoms with Gasteiger partial charge in [0.25, 0.3) is 0 Å². The van der Waals surface area contributed by atoms with E-state index in [9.17, 15) is 58.5 Å². The number of H-pyrrole nitrogens is 1. The second-order valence-electron chi connectivity index (χ2n) is 20.9. The molecule has 0 spiro atoms. The third kappa shape index (κ3) is 20.9. The molecule has 82 heavy (non-hydrogen) atoms. The topological polar surface area (TPSA) is 374 Å². The van der Waals surface area contributed by atoms with Crippen molar-refractivity contribution < 1.29 is 63.2 Å². The summed E-state index contributed by atoms with van der Waals surface area (Å²) in [6.45, 7) is 9.48. The van der Waals surface area contributed by atoms with E-state index in [1.165, 1.54) is 38.1 Å². The van der Waals surface area contributed by atoms with Crippen molar-refractivity contribution in [1.82, 2.24) is 52.8 Å². The Balaban J connectivity index is 1.59. The van der Waals surface area contributed by atoms with Crippen molar-refractivity contribution in [1.29, 1.82) is 0 Å². The van der Waals surface area contributed by atoms with Gasteiger partial charge in [0.2, 0.25) is 47.3 Å². The van der Waals surface area contributed by atoms with E-state index in [4.69, 9.17) is 10.5 Å². The SMILES string of the molecule is CCNC(=O)[C@@H](NC(=O)[C@@H]1CSSC[C@H](NC(=O)[C@H](N)Cc2ccccc2)C(=O)N[C@@H](Cc2ccc(O)cc2)C(=O)N[C@H](Cc2c[nH]c3ccccc23)C(=O)N[C@@H](CCCCNC(=O)OC(C)(C)C)C(=O)N[C@@H]([C@@H](C)O)C(=O)N1)[C@@H](C)O. The number of nitrogens with two attached hydrogens (primary N) is 1. The second kappa shape index (κ2) is 31.7. The van der Waals surface area contributed by atoms with Crippen LogP contribution in [0, 0.1) is 0 Å². The summed E-state index contributed by atoms with van der Waals surface area (Å²) in [4.78, 5) is 130. The summed E-state index contributed by atoms with van der Waals surface area (Å²) in [6.07, 6.45) is -1.99. The Labute approximate surface area is 483 Å². The van der Waals surface area contributed by atoms with Gasteiger partial charge in [-0.15, -0.1) is 0 Å². The van der Waals surface area contributed by atoms with E-state index in [1.807, 2.05) is 12.1 Å². The average Bonchev–Trinajstić information content (AvgIpc) is 3.83. The molecule has 1 aromatic heterocycles. The third-order valence-corrected chi connectivity index (χ3v) is 15.3. The quantitative estimate of drug-likeness (QED) is 0.0452. The van der Waals surface area contributed by atoms with Crippen LogP contribution in [0.5, 0.6) is 5.75 Å².